The van der Waals surface area contributed by atoms with Crippen LogP contribution < -0.4 is 14.8 Å². The third-order valence-electron chi connectivity index (χ3n) is 5.31. The molecule has 2 aliphatic heterocycles. The van der Waals surface area contributed by atoms with Gasteiger partial charge >= 0.3 is 0 Å². The van der Waals surface area contributed by atoms with Gasteiger partial charge in [0.05, 0.1) is 10.6 Å². The lowest BCUT2D eigenvalue weighted by Crippen LogP contribution is -2.30. The van der Waals surface area contributed by atoms with Gasteiger partial charge in [0.2, 0.25) is 10.0 Å². The molecule has 0 unspecified atom stereocenters. The van der Waals surface area contributed by atoms with Gasteiger partial charge in [-0.15, -0.1) is 0 Å². The van der Waals surface area contributed by atoms with Crippen molar-refractivity contribution in [3.63, 3.8) is 0 Å². The molecule has 1 saturated heterocycles. The van der Waals surface area contributed by atoms with Crippen LogP contribution in [0.5, 0.6) is 5.75 Å². The predicted octanol–water partition coefficient (Wildman–Crippen LogP) is 2.48. The first-order chi connectivity index (χ1) is 14.0. The fraction of sp³-hybridized carbons (Fsp3) is 0.381. The lowest BCUT2D eigenvalue weighted by molar-refractivity contribution is -0.118. The van der Waals surface area contributed by atoms with Gasteiger partial charge in [-0.05, 0) is 55.3 Å². The number of hydrogen-bond donors (Lipinski definition) is 2. The van der Waals surface area contributed by atoms with E-state index in [9.17, 15) is 13.2 Å². The molecule has 2 aromatic rings. The number of piperidine rings is 1. The summed E-state index contributed by atoms with van der Waals surface area (Å²) >= 11 is 0. The first-order valence-corrected chi connectivity index (χ1v) is 11.3. The number of rotatable bonds is 6. The van der Waals surface area contributed by atoms with Gasteiger partial charge in [0.1, 0.15) is 5.75 Å². The number of carbonyl (C=O) groups excluding carboxylic acids is 1. The lowest BCUT2D eigenvalue weighted by Gasteiger charge is -2.27. The number of nitrogens with one attached hydrogen (secondary N) is 2. The molecule has 0 bridgehead atoms. The van der Waals surface area contributed by atoms with E-state index in [1.54, 1.807) is 6.07 Å². The Hall–Kier alpha value is -2.42. The van der Waals surface area contributed by atoms with Gasteiger partial charge in [-0.1, -0.05) is 30.7 Å². The maximum Gasteiger partial charge on any atom is 0.262 e. The van der Waals surface area contributed by atoms with E-state index in [-0.39, 0.29) is 24.0 Å². The third kappa shape index (κ3) is 4.77. The van der Waals surface area contributed by atoms with Crippen molar-refractivity contribution in [3.8, 4) is 5.75 Å². The van der Waals surface area contributed by atoms with E-state index in [0.29, 0.717) is 11.4 Å². The van der Waals surface area contributed by atoms with Crippen molar-refractivity contribution in [2.24, 2.45) is 0 Å². The van der Waals surface area contributed by atoms with Crippen molar-refractivity contribution in [2.45, 2.75) is 37.2 Å². The fourth-order valence-corrected chi connectivity index (χ4v) is 4.76. The average molecular weight is 416 g/mol. The summed E-state index contributed by atoms with van der Waals surface area (Å²) in [7, 11) is -3.73. The van der Waals surface area contributed by atoms with Gasteiger partial charge in [-0.2, -0.15) is 0 Å². The second-order valence-electron chi connectivity index (χ2n) is 7.42. The van der Waals surface area contributed by atoms with Crippen LogP contribution in [0, 0.1) is 0 Å². The number of carbonyl (C=O) groups is 1. The highest BCUT2D eigenvalue weighted by atomic mass is 32.2. The molecule has 2 N–H and O–H groups in total. The van der Waals surface area contributed by atoms with E-state index >= 15 is 0 Å². The Labute approximate surface area is 171 Å². The number of anilines is 1. The van der Waals surface area contributed by atoms with Gasteiger partial charge in [-0.25, -0.2) is 13.1 Å². The second-order valence-corrected chi connectivity index (χ2v) is 9.19. The van der Waals surface area contributed by atoms with Crippen LogP contribution in [0.3, 0.4) is 0 Å². The van der Waals surface area contributed by atoms with Crippen molar-refractivity contribution >= 4 is 21.6 Å². The minimum absolute atomic E-state index is 0.0643. The number of nitrogens with zero attached hydrogens (tertiary/aromatic N) is 1. The Bertz CT molecular complexity index is 1000. The molecule has 1 amide bonds. The first-order valence-electron chi connectivity index (χ1n) is 9.87. The van der Waals surface area contributed by atoms with E-state index in [4.69, 9.17) is 4.74 Å². The summed E-state index contributed by atoms with van der Waals surface area (Å²) in [6.45, 7) is 3.16. The summed E-state index contributed by atoms with van der Waals surface area (Å²) in [5, 5.41) is 2.64. The monoisotopic (exact) mass is 415 g/mol. The van der Waals surface area contributed by atoms with Crippen molar-refractivity contribution in [1.82, 2.24) is 9.62 Å². The zero-order valence-electron chi connectivity index (χ0n) is 16.2. The fourth-order valence-electron chi connectivity index (χ4n) is 3.73. The summed E-state index contributed by atoms with van der Waals surface area (Å²) in [6.07, 6.45) is 3.71. The molecule has 0 aliphatic carbocycles. The van der Waals surface area contributed by atoms with Gasteiger partial charge in [0.15, 0.2) is 6.61 Å². The SMILES string of the molecule is O=C1COc2ccc(S(=O)(=O)NCc3ccccc3CN3CCCCC3)cc2N1. The van der Waals surface area contributed by atoms with Crippen LogP contribution in [-0.2, 0) is 27.9 Å². The average Bonchev–Trinajstić information content (AvgIpc) is 2.73. The number of benzene rings is 2. The summed E-state index contributed by atoms with van der Waals surface area (Å²) in [5.74, 6) is 0.169. The van der Waals surface area contributed by atoms with Crippen LogP contribution in [0.15, 0.2) is 47.4 Å². The van der Waals surface area contributed by atoms with Crippen molar-refractivity contribution in [2.75, 3.05) is 25.0 Å². The topological polar surface area (TPSA) is 87.7 Å². The van der Waals surface area contributed by atoms with Crippen LogP contribution in [0.2, 0.25) is 0 Å². The van der Waals surface area contributed by atoms with E-state index in [1.807, 2.05) is 18.2 Å². The van der Waals surface area contributed by atoms with Crippen LogP contribution >= 0.6 is 0 Å². The number of hydrogen-bond acceptors (Lipinski definition) is 5. The molecule has 8 heteroatoms. The Balaban J connectivity index is 1.47. The molecule has 154 valence electrons. The Morgan fingerprint density at radius 3 is 2.59 bits per heavy atom. The Morgan fingerprint density at radius 1 is 1.03 bits per heavy atom. The summed E-state index contributed by atoms with van der Waals surface area (Å²) in [4.78, 5) is 14.0. The minimum atomic E-state index is -3.73. The highest BCUT2D eigenvalue weighted by Crippen LogP contribution is 2.30. The zero-order valence-corrected chi connectivity index (χ0v) is 17.0. The van der Waals surface area contributed by atoms with Crippen molar-refractivity contribution in [1.29, 1.82) is 0 Å². The molecule has 1 fully saturated rings. The highest BCUT2D eigenvalue weighted by molar-refractivity contribution is 7.89. The van der Waals surface area contributed by atoms with Gasteiger partial charge in [0.25, 0.3) is 5.91 Å². The van der Waals surface area contributed by atoms with Crippen LogP contribution in [0.4, 0.5) is 5.69 Å². The third-order valence-corrected chi connectivity index (χ3v) is 6.71. The largest absolute Gasteiger partial charge is 0.482 e. The molecule has 2 aromatic carbocycles. The summed E-state index contributed by atoms with van der Waals surface area (Å²) in [5.41, 5.74) is 2.48. The highest BCUT2D eigenvalue weighted by Gasteiger charge is 2.21. The zero-order chi connectivity index (χ0) is 20.3. The van der Waals surface area contributed by atoms with Gasteiger partial charge in [-0.3, -0.25) is 9.69 Å². The minimum Gasteiger partial charge on any atom is -0.482 e. The Morgan fingerprint density at radius 2 is 1.79 bits per heavy atom. The molecule has 0 atom stereocenters. The standard InChI is InChI=1S/C21H25N3O4S/c25-21-15-28-20-9-8-18(12-19(20)23-21)29(26,27)22-13-16-6-2-3-7-17(16)14-24-10-4-1-5-11-24/h2-3,6-9,12,22H,1,4-5,10-11,13-15H2,(H,23,25). The molecule has 2 heterocycles. The molecule has 2 aliphatic rings. The number of sulfonamides is 1. The second kappa shape index (κ2) is 8.52. The molecule has 4 rings (SSSR count). The normalized spacial score (nSPS) is 17.3. The first kappa shape index (κ1) is 19.9. The molecule has 0 spiro atoms. The maximum absolute atomic E-state index is 12.8. The quantitative estimate of drug-likeness (QED) is 0.757. The van der Waals surface area contributed by atoms with Crippen molar-refractivity contribution in [3.05, 3.63) is 53.6 Å². The van der Waals surface area contributed by atoms with Crippen LogP contribution in [0.25, 0.3) is 0 Å². The maximum atomic E-state index is 12.8. The predicted molar refractivity (Wildman–Crippen MR) is 110 cm³/mol. The molecule has 29 heavy (non-hydrogen) atoms. The van der Waals surface area contributed by atoms with Gasteiger partial charge in [0, 0.05) is 13.1 Å². The summed E-state index contributed by atoms with van der Waals surface area (Å²) in [6, 6.07) is 12.4. The molecule has 0 saturated carbocycles. The molecule has 0 radical (unpaired) electrons. The summed E-state index contributed by atoms with van der Waals surface area (Å²) < 4.78 is 33.6. The number of fused-ring (bicyclic) bond motifs is 1. The van der Waals surface area contributed by atoms with E-state index in [2.05, 4.69) is 21.0 Å². The van der Waals surface area contributed by atoms with Crippen LogP contribution in [0.1, 0.15) is 30.4 Å². The number of amides is 1. The number of likely N-dealkylation sites (tertiary alicyclic amines) is 1. The molecule has 0 aromatic heterocycles. The lowest BCUT2D eigenvalue weighted by atomic mass is 10.1. The molecular formula is C21H25N3O4S. The van der Waals surface area contributed by atoms with E-state index < -0.39 is 10.0 Å². The van der Waals surface area contributed by atoms with Crippen molar-refractivity contribution < 1.29 is 17.9 Å². The molecule has 7 nitrogen and oxygen atoms in total. The smallest absolute Gasteiger partial charge is 0.262 e. The van der Waals surface area contributed by atoms with E-state index in [1.165, 1.54) is 31.4 Å². The Kier molecular flexibility index (Phi) is 5.84. The molecular weight excluding hydrogens is 390 g/mol. The van der Waals surface area contributed by atoms with Gasteiger partial charge < -0.3 is 10.1 Å². The van der Waals surface area contributed by atoms with Crippen LogP contribution in [-0.4, -0.2) is 38.9 Å². The van der Waals surface area contributed by atoms with E-state index in [0.717, 1.165) is 30.8 Å². The number of ether oxygens (including phenoxy) is 1.